The first kappa shape index (κ1) is 11.8. The van der Waals surface area contributed by atoms with Gasteiger partial charge in [0, 0.05) is 6.42 Å². The SMILES string of the molecule is N/C(CCOc1ccc2c(c1)CCCC2)=N\O. The van der Waals surface area contributed by atoms with Crippen molar-refractivity contribution in [2.24, 2.45) is 10.9 Å². The van der Waals surface area contributed by atoms with Crippen LogP contribution in [0.25, 0.3) is 0 Å². The summed E-state index contributed by atoms with van der Waals surface area (Å²) in [6, 6.07) is 6.25. The minimum absolute atomic E-state index is 0.197. The molecule has 0 aromatic heterocycles. The van der Waals surface area contributed by atoms with Gasteiger partial charge in [-0.25, -0.2) is 0 Å². The van der Waals surface area contributed by atoms with E-state index in [9.17, 15) is 0 Å². The third-order valence-corrected chi connectivity index (χ3v) is 3.08. The molecule has 0 unspecified atom stereocenters. The third-order valence-electron chi connectivity index (χ3n) is 3.08. The first-order valence-electron chi connectivity index (χ1n) is 6.00. The largest absolute Gasteiger partial charge is 0.493 e. The highest BCUT2D eigenvalue weighted by molar-refractivity contribution is 5.79. The number of amidine groups is 1. The molecule has 17 heavy (non-hydrogen) atoms. The predicted molar refractivity (Wildman–Crippen MR) is 66.6 cm³/mol. The van der Waals surface area contributed by atoms with Crippen LogP contribution in [0, 0.1) is 0 Å². The number of nitrogens with two attached hydrogens (primary N) is 1. The van der Waals surface area contributed by atoms with E-state index in [2.05, 4.69) is 17.3 Å². The van der Waals surface area contributed by atoms with E-state index in [1.54, 1.807) is 0 Å². The third kappa shape index (κ3) is 3.12. The van der Waals surface area contributed by atoms with Crippen molar-refractivity contribution >= 4 is 5.84 Å². The summed E-state index contributed by atoms with van der Waals surface area (Å²) in [7, 11) is 0. The summed E-state index contributed by atoms with van der Waals surface area (Å²) in [6.07, 6.45) is 5.32. The Balaban J connectivity index is 1.93. The molecule has 4 heteroatoms. The zero-order chi connectivity index (χ0) is 12.1. The highest BCUT2D eigenvalue weighted by Crippen LogP contribution is 2.25. The molecule has 0 amide bonds. The molecule has 0 heterocycles. The Bertz CT molecular complexity index is 416. The number of hydrogen-bond acceptors (Lipinski definition) is 3. The number of ether oxygens (including phenoxy) is 1. The second-order valence-electron chi connectivity index (χ2n) is 4.33. The van der Waals surface area contributed by atoms with Gasteiger partial charge in [-0.1, -0.05) is 11.2 Å². The molecule has 1 aliphatic rings. The molecule has 92 valence electrons. The van der Waals surface area contributed by atoms with E-state index in [1.807, 2.05) is 6.07 Å². The van der Waals surface area contributed by atoms with Crippen molar-refractivity contribution in [3.63, 3.8) is 0 Å². The van der Waals surface area contributed by atoms with Crippen molar-refractivity contribution < 1.29 is 9.94 Å². The van der Waals surface area contributed by atoms with E-state index < -0.39 is 0 Å². The molecular weight excluding hydrogens is 216 g/mol. The zero-order valence-corrected chi connectivity index (χ0v) is 9.85. The van der Waals surface area contributed by atoms with Crippen molar-refractivity contribution in [1.29, 1.82) is 0 Å². The van der Waals surface area contributed by atoms with Crippen LogP contribution < -0.4 is 10.5 Å². The lowest BCUT2D eigenvalue weighted by Crippen LogP contribution is -2.15. The van der Waals surface area contributed by atoms with Crippen LogP contribution in [0.1, 0.15) is 30.4 Å². The second kappa shape index (κ2) is 5.57. The number of rotatable bonds is 4. The predicted octanol–water partition coefficient (Wildman–Crippen LogP) is 2.08. The molecule has 0 bridgehead atoms. The topological polar surface area (TPSA) is 67.8 Å². The minimum atomic E-state index is 0.197. The van der Waals surface area contributed by atoms with E-state index >= 15 is 0 Å². The van der Waals surface area contributed by atoms with Gasteiger partial charge in [-0.05, 0) is 48.9 Å². The molecule has 3 N–H and O–H groups in total. The fraction of sp³-hybridized carbons (Fsp3) is 0.462. The Kier molecular flexibility index (Phi) is 3.85. The van der Waals surface area contributed by atoms with Gasteiger partial charge < -0.3 is 15.7 Å². The monoisotopic (exact) mass is 234 g/mol. The summed E-state index contributed by atoms with van der Waals surface area (Å²) in [5, 5.41) is 11.3. The quantitative estimate of drug-likeness (QED) is 0.363. The average Bonchev–Trinajstić information content (AvgIpc) is 2.38. The maximum absolute atomic E-state index is 8.40. The molecule has 0 aliphatic heterocycles. The summed E-state index contributed by atoms with van der Waals surface area (Å²) in [5.74, 6) is 1.07. The highest BCUT2D eigenvalue weighted by Gasteiger charge is 2.09. The van der Waals surface area contributed by atoms with Crippen LogP contribution in [0.15, 0.2) is 23.4 Å². The van der Waals surface area contributed by atoms with Gasteiger partial charge in [0.2, 0.25) is 0 Å². The van der Waals surface area contributed by atoms with Gasteiger partial charge in [-0.15, -0.1) is 0 Å². The molecule has 1 aromatic carbocycles. The van der Waals surface area contributed by atoms with E-state index in [-0.39, 0.29) is 5.84 Å². The van der Waals surface area contributed by atoms with Gasteiger partial charge in [-0.3, -0.25) is 0 Å². The first-order valence-corrected chi connectivity index (χ1v) is 6.00. The van der Waals surface area contributed by atoms with Gasteiger partial charge in [0.15, 0.2) is 0 Å². The van der Waals surface area contributed by atoms with Crippen molar-refractivity contribution in [2.45, 2.75) is 32.1 Å². The van der Waals surface area contributed by atoms with Crippen molar-refractivity contribution in [3.8, 4) is 5.75 Å². The Morgan fingerprint density at radius 1 is 1.29 bits per heavy atom. The molecule has 0 fully saturated rings. The van der Waals surface area contributed by atoms with Gasteiger partial charge in [0.1, 0.15) is 11.6 Å². The van der Waals surface area contributed by atoms with Crippen LogP contribution in [-0.2, 0) is 12.8 Å². The van der Waals surface area contributed by atoms with Gasteiger partial charge in [0.05, 0.1) is 6.61 Å². The van der Waals surface area contributed by atoms with Crippen molar-refractivity contribution in [2.75, 3.05) is 6.61 Å². The van der Waals surface area contributed by atoms with E-state index in [1.165, 1.54) is 30.4 Å². The summed E-state index contributed by atoms with van der Waals surface area (Å²) in [6.45, 7) is 0.439. The molecule has 0 atom stereocenters. The van der Waals surface area contributed by atoms with Crippen molar-refractivity contribution in [3.05, 3.63) is 29.3 Å². The molecule has 1 aromatic rings. The molecule has 0 saturated heterocycles. The number of benzene rings is 1. The number of oxime groups is 1. The molecule has 2 rings (SSSR count). The Labute approximate surface area is 101 Å². The summed E-state index contributed by atoms with van der Waals surface area (Å²) in [4.78, 5) is 0. The van der Waals surface area contributed by atoms with E-state index in [0.717, 1.165) is 12.2 Å². The fourth-order valence-corrected chi connectivity index (χ4v) is 2.12. The van der Waals surface area contributed by atoms with Gasteiger partial charge in [0.25, 0.3) is 0 Å². The summed E-state index contributed by atoms with van der Waals surface area (Å²) < 4.78 is 5.57. The zero-order valence-electron chi connectivity index (χ0n) is 9.85. The Morgan fingerprint density at radius 2 is 2.06 bits per heavy atom. The standard InChI is InChI=1S/C13H18N2O2/c14-13(15-16)7-8-17-12-6-5-10-3-1-2-4-11(10)9-12/h5-6,9,16H,1-4,7-8H2,(H2,14,15). The molecule has 1 aliphatic carbocycles. The van der Waals surface area contributed by atoms with Crippen LogP contribution in [-0.4, -0.2) is 17.6 Å². The smallest absolute Gasteiger partial charge is 0.142 e. The maximum Gasteiger partial charge on any atom is 0.142 e. The number of hydrogen-bond donors (Lipinski definition) is 2. The second-order valence-corrected chi connectivity index (χ2v) is 4.33. The number of aryl methyl sites for hydroxylation is 2. The van der Waals surface area contributed by atoms with Crippen LogP contribution in [0.2, 0.25) is 0 Å². The van der Waals surface area contributed by atoms with Gasteiger partial charge >= 0.3 is 0 Å². The fourth-order valence-electron chi connectivity index (χ4n) is 2.12. The lowest BCUT2D eigenvalue weighted by Gasteiger charge is -2.16. The van der Waals surface area contributed by atoms with E-state index in [4.69, 9.17) is 15.7 Å². The summed E-state index contributed by atoms with van der Waals surface area (Å²) >= 11 is 0. The molecule has 0 spiro atoms. The molecule has 0 saturated carbocycles. The Hall–Kier alpha value is -1.71. The first-order chi connectivity index (χ1) is 8.29. The van der Waals surface area contributed by atoms with Crippen LogP contribution >= 0.6 is 0 Å². The van der Waals surface area contributed by atoms with Crippen LogP contribution in [0.5, 0.6) is 5.75 Å². The summed E-state index contributed by atoms with van der Waals surface area (Å²) in [5.41, 5.74) is 8.21. The normalized spacial score (nSPS) is 15.4. The molecule has 0 radical (unpaired) electrons. The minimum Gasteiger partial charge on any atom is -0.493 e. The van der Waals surface area contributed by atoms with Crippen LogP contribution in [0.3, 0.4) is 0 Å². The number of fused-ring (bicyclic) bond motifs is 1. The molecule has 4 nitrogen and oxygen atoms in total. The van der Waals surface area contributed by atoms with Crippen LogP contribution in [0.4, 0.5) is 0 Å². The van der Waals surface area contributed by atoms with Gasteiger partial charge in [-0.2, -0.15) is 0 Å². The Morgan fingerprint density at radius 3 is 2.82 bits per heavy atom. The van der Waals surface area contributed by atoms with E-state index in [0.29, 0.717) is 13.0 Å². The maximum atomic E-state index is 8.40. The number of nitrogens with zero attached hydrogens (tertiary/aromatic N) is 1. The molecular formula is C13H18N2O2. The van der Waals surface area contributed by atoms with Crippen molar-refractivity contribution in [1.82, 2.24) is 0 Å². The average molecular weight is 234 g/mol. The lowest BCUT2D eigenvalue weighted by molar-refractivity contribution is 0.305. The highest BCUT2D eigenvalue weighted by atomic mass is 16.5. The lowest BCUT2D eigenvalue weighted by atomic mass is 9.92.